The number of aliphatic carboxylic acids is 1. The second-order valence-electron chi connectivity index (χ2n) is 5.10. The third kappa shape index (κ3) is 3.01. The topological polar surface area (TPSA) is 99.2 Å². The molecule has 2 N–H and O–H groups in total. The largest absolute Gasteiger partial charge is 0.480 e. The predicted molar refractivity (Wildman–Crippen MR) is 70.3 cm³/mol. The number of carbonyl (C=O) groups is 3. The number of likely N-dealkylation sites (N-methyl/N-ethyl adjacent to an activating group) is 2. The van der Waals surface area contributed by atoms with Gasteiger partial charge < -0.3 is 25.0 Å². The standard InChI is InChI=1S/C12H21N3O5/c1-12(2,10(17)18)14(4)11(19)15-5-6-20-7-8(15)9(16)13-3/h8H,5-7H2,1-4H3,(H,13,16)(H,17,18). The van der Waals surface area contributed by atoms with Gasteiger partial charge in [-0.2, -0.15) is 0 Å². The molecule has 1 heterocycles. The summed E-state index contributed by atoms with van der Waals surface area (Å²) in [7, 11) is 2.89. The normalized spacial score (nSPS) is 19.4. The summed E-state index contributed by atoms with van der Waals surface area (Å²) in [6.45, 7) is 3.54. The Kier molecular flexibility index (Phi) is 4.93. The molecule has 3 amide bonds. The fourth-order valence-corrected chi connectivity index (χ4v) is 1.79. The molecule has 1 saturated heterocycles. The number of urea groups is 1. The number of amides is 3. The summed E-state index contributed by atoms with van der Waals surface area (Å²) in [6.07, 6.45) is 0. The van der Waals surface area contributed by atoms with Crippen molar-refractivity contribution >= 4 is 17.9 Å². The van der Waals surface area contributed by atoms with Gasteiger partial charge in [-0.05, 0) is 13.8 Å². The lowest BCUT2D eigenvalue weighted by Gasteiger charge is -2.40. The number of carbonyl (C=O) groups excluding carboxylic acids is 2. The van der Waals surface area contributed by atoms with Gasteiger partial charge in [0.05, 0.1) is 13.2 Å². The molecule has 0 aromatic heterocycles. The van der Waals surface area contributed by atoms with Crippen LogP contribution in [0.2, 0.25) is 0 Å². The molecule has 1 aliphatic heterocycles. The van der Waals surface area contributed by atoms with Crippen LogP contribution < -0.4 is 5.32 Å². The number of carboxylic acids is 1. The van der Waals surface area contributed by atoms with Gasteiger partial charge in [0.25, 0.3) is 0 Å². The van der Waals surface area contributed by atoms with Crippen LogP contribution in [0.1, 0.15) is 13.8 Å². The molecule has 20 heavy (non-hydrogen) atoms. The molecular weight excluding hydrogens is 266 g/mol. The minimum atomic E-state index is -1.36. The third-order valence-electron chi connectivity index (χ3n) is 3.57. The van der Waals surface area contributed by atoms with Gasteiger partial charge in [0, 0.05) is 20.6 Å². The summed E-state index contributed by atoms with van der Waals surface area (Å²) in [6, 6.07) is -1.25. The second-order valence-corrected chi connectivity index (χ2v) is 5.10. The zero-order chi connectivity index (χ0) is 15.5. The highest BCUT2D eigenvalue weighted by atomic mass is 16.5. The Balaban J connectivity index is 2.93. The Morgan fingerprint density at radius 3 is 2.50 bits per heavy atom. The Bertz CT molecular complexity index is 410. The Morgan fingerprint density at radius 2 is 2.00 bits per heavy atom. The van der Waals surface area contributed by atoms with Crippen molar-refractivity contribution in [3.8, 4) is 0 Å². The van der Waals surface area contributed by atoms with E-state index in [-0.39, 0.29) is 19.1 Å². The van der Waals surface area contributed by atoms with Crippen molar-refractivity contribution in [2.45, 2.75) is 25.4 Å². The van der Waals surface area contributed by atoms with Crippen LogP contribution in [-0.2, 0) is 14.3 Å². The maximum absolute atomic E-state index is 12.4. The van der Waals surface area contributed by atoms with E-state index < -0.39 is 23.6 Å². The highest BCUT2D eigenvalue weighted by Crippen LogP contribution is 2.18. The van der Waals surface area contributed by atoms with Crippen LogP contribution in [0.4, 0.5) is 4.79 Å². The molecule has 1 fully saturated rings. The molecule has 0 aromatic rings. The van der Waals surface area contributed by atoms with Crippen molar-refractivity contribution in [3.05, 3.63) is 0 Å². The van der Waals surface area contributed by atoms with E-state index in [1.165, 1.54) is 32.8 Å². The molecule has 1 unspecified atom stereocenters. The van der Waals surface area contributed by atoms with Gasteiger partial charge in [0.1, 0.15) is 11.6 Å². The van der Waals surface area contributed by atoms with Crippen LogP contribution in [-0.4, -0.2) is 78.2 Å². The van der Waals surface area contributed by atoms with Gasteiger partial charge in [-0.25, -0.2) is 9.59 Å². The number of carboxylic acid groups (broad SMARTS) is 1. The molecule has 0 aliphatic carbocycles. The van der Waals surface area contributed by atoms with Gasteiger partial charge in [0.2, 0.25) is 5.91 Å². The van der Waals surface area contributed by atoms with Gasteiger partial charge in [-0.1, -0.05) is 0 Å². The smallest absolute Gasteiger partial charge is 0.329 e. The van der Waals surface area contributed by atoms with Crippen molar-refractivity contribution in [1.82, 2.24) is 15.1 Å². The van der Waals surface area contributed by atoms with E-state index >= 15 is 0 Å². The maximum Gasteiger partial charge on any atom is 0.329 e. The fraction of sp³-hybridized carbons (Fsp3) is 0.750. The van der Waals surface area contributed by atoms with E-state index in [0.29, 0.717) is 6.61 Å². The lowest BCUT2D eigenvalue weighted by Crippen LogP contribution is -2.62. The second kappa shape index (κ2) is 6.08. The highest BCUT2D eigenvalue weighted by Gasteiger charge is 2.41. The van der Waals surface area contributed by atoms with Crippen molar-refractivity contribution in [1.29, 1.82) is 0 Å². The van der Waals surface area contributed by atoms with E-state index in [9.17, 15) is 14.4 Å². The SMILES string of the molecule is CNC(=O)C1COCCN1C(=O)N(C)C(C)(C)C(=O)O. The van der Waals surface area contributed by atoms with Crippen molar-refractivity contribution in [2.75, 3.05) is 33.9 Å². The van der Waals surface area contributed by atoms with Crippen LogP contribution in [0.5, 0.6) is 0 Å². The zero-order valence-electron chi connectivity index (χ0n) is 12.2. The number of hydrogen-bond donors (Lipinski definition) is 2. The first-order valence-corrected chi connectivity index (χ1v) is 6.30. The summed E-state index contributed by atoms with van der Waals surface area (Å²) >= 11 is 0. The van der Waals surface area contributed by atoms with Crippen LogP contribution in [0.3, 0.4) is 0 Å². The van der Waals surface area contributed by atoms with Crippen LogP contribution in [0.25, 0.3) is 0 Å². The molecule has 0 saturated carbocycles. The molecule has 1 atom stereocenters. The molecular formula is C12H21N3O5. The van der Waals surface area contributed by atoms with Gasteiger partial charge in [-0.3, -0.25) is 4.79 Å². The van der Waals surface area contributed by atoms with E-state index in [1.54, 1.807) is 0 Å². The number of hydrogen-bond acceptors (Lipinski definition) is 4. The number of nitrogens with zero attached hydrogens (tertiary/aromatic N) is 2. The Morgan fingerprint density at radius 1 is 1.40 bits per heavy atom. The lowest BCUT2D eigenvalue weighted by molar-refractivity contribution is -0.147. The first kappa shape index (κ1) is 16.2. The van der Waals surface area contributed by atoms with Crippen LogP contribution in [0, 0.1) is 0 Å². The molecule has 1 aliphatic rings. The Hall–Kier alpha value is -1.83. The number of morpholine rings is 1. The minimum Gasteiger partial charge on any atom is -0.480 e. The van der Waals surface area contributed by atoms with Crippen molar-refractivity contribution < 1.29 is 24.2 Å². The highest BCUT2D eigenvalue weighted by molar-refractivity contribution is 5.90. The summed E-state index contributed by atoms with van der Waals surface area (Å²) in [5, 5.41) is 11.6. The number of rotatable bonds is 3. The van der Waals surface area contributed by atoms with Crippen LogP contribution in [0.15, 0.2) is 0 Å². The van der Waals surface area contributed by atoms with Crippen molar-refractivity contribution in [2.24, 2.45) is 0 Å². The van der Waals surface area contributed by atoms with Gasteiger partial charge in [-0.15, -0.1) is 0 Å². The molecule has 0 aromatic carbocycles. The molecule has 0 bridgehead atoms. The fourth-order valence-electron chi connectivity index (χ4n) is 1.79. The maximum atomic E-state index is 12.4. The predicted octanol–water partition coefficient (Wildman–Crippen LogP) is -0.652. The van der Waals surface area contributed by atoms with Gasteiger partial charge >= 0.3 is 12.0 Å². The van der Waals surface area contributed by atoms with E-state index in [0.717, 1.165) is 4.90 Å². The third-order valence-corrected chi connectivity index (χ3v) is 3.57. The van der Waals surface area contributed by atoms with Crippen LogP contribution >= 0.6 is 0 Å². The Labute approximate surface area is 117 Å². The van der Waals surface area contributed by atoms with Crippen molar-refractivity contribution in [3.63, 3.8) is 0 Å². The summed E-state index contributed by atoms with van der Waals surface area (Å²) in [5.74, 6) is -1.45. The molecule has 0 radical (unpaired) electrons. The molecule has 8 nitrogen and oxygen atoms in total. The van der Waals surface area contributed by atoms with E-state index in [2.05, 4.69) is 5.32 Å². The first-order chi connectivity index (χ1) is 9.23. The average Bonchev–Trinajstić information content (AvgIpc) is 2.44. The lowest BCUT2D eigenvalue weighted by atomic mass is 10.0. The summed E-state index contributed by atoms with van der Waals surface area (Å²) in [5.41, 5.74) is -1.36. The molecule has 0 spiro atoms. The van der Waals surface area contributed by atoms with Gasteiger partial charge in [0.15, 0.2) is 0 Å². The van der Waals surface area contributed by atoms with E-state index in [1.807, 2.05) is 0 Å². The zero-order valence-corrected chi connectivity index (χ0v) is 12.2. The average molecular weight is 287 g/mol. The minimum absolute atomic E-state index is 0.104. The molecule has 8 heteroatoms. The first-order valence-electron chi connectivity index (χ1n) is 6.30. The molecule has 1 rings (SSSR count). The van der Waals surface area contributed by atoms with E-state index in [4.69, 9.17) is 9.84 Å². The summed E-state index contributed by atoms with van der Waals surface area (Å²) < 4.78 is 5.21. The molecule has 114 valence electrons. The number of nitrogens with one attached hydrogen (secondary N) is 1. The monoisotopic (exact) mass is 287 g/mol. The number of ether oxygens (including phenoxy) is 1. The summed E-state index contributed by atoms with van der Waals surface area (Å²) in [4.78, 5) is 37.9. The quantitative estimate of drug-likeness (QED) is 0.718.